The summed E-state index contributed by atoms with van der Waals surface area (Å²) < 4.78 is 0. The highest BCUT2D eigenvalue weighted by atomic mass is 16.2. The number of rotatable bonds is 6. The van der Waals surface area contributed by atoms with Crippen LogP contribution in [0.15, 0.2) is 0 Å². The van der Waals surface area contributed by atoms with Crippen LogP contribution >= 0.6 is 0 Å². The maximum atomic E-state index is 12.0. The van der Waals surface area contributed by atoms with Gasteiger partial charge in [0, 0.05) is 57.8 Å². The third-order valence-electron chi connectivity index (χ3n) is 5.13. The highest BCUT2D eigenvalue weighted by molar-refractivity contribution is 5.76. The molecule has 0 aromatic carbocycles. The van der Waals surface area contributed by atoms with E-state index >= 15 is 0 Å². The van der Waals surface area contributed by atoms with Crippen LogP contribution in [0.1, 0.15) is 39.5 Å². The van der Waals surface area contributed by atoms with Gasteiger partial charge in [0.2, 0.25) is 5.91 Å². The number of carbonyl (C=O) groups is 1. The summed E-state index contributed by atoms with van der Waals surface area (Å²) in [5, 5.41) is 0. The van der Waals surface area contributed by atoms with E-state index in [0.717, 1.165) is 51.2 Å². The van der Waals surface area contributed by atoms with Gasteiger partial charge in [0.05, 0.1) is 0 Å². The van der Waals surface area contributed by atoms with Crippen LogP contribution in [0.25, 0.3) is 0 Å². The van der Waals surface area contributed by atoms with Gasteiger partial charge in [-0.1, -0.05) is 0 Å². The van der Waals surface area contributed by atoms with Crippen LogP contribution in [0.5, 0.6) is 0 Å². The van der Waals surface area contributed by atoms with Gasteiger partial charge in [0.25, 0.3) is 0 Å². The molecule has 2 N–H and O–H groups in total. The summed E-state index contributed by atoms with van der Waals surface area (Å²) in [7, 11) is 0. The lowest BCUT2D eigenvalue weighted by Crippen LogP contribution is -2.50. The van der Waals surface area contributed by atoms with Crippen LogP contribution in [0.4, 0.5) is 0 Å². The van der Waals surface area contributed by atoms with Crippen molar-refractivity contribution in [2.45, 2.75) is 51.6 Å². The molecule has 0 saturated carbocycles. The van der Waals surface area contributed by atoms with Crippen molar-refractivity contribution >= 4 is 5.91 Å². The Kier molecular flexibility index (Phi) is 6.45. The number of carbonyl (C=O) groups excluding carboxylic acids is 1. The van der Waals surface area contributed by atoms with Gasteiger partial charge >= 0.3 is 0 Å². The topological polar surface area (TPSA) is 52.8 Å². The summed E-state index contributed by atoms with van der Waals surface area (Å²) in [5.74, 6) is 0.280. The van der Waals surface area contributed by atoms with E-state index in [4.69, 9.17) is 5.73 Å². The van der Waals surface area contributed by atoms with Crippen LogP contribution in [0, 0.1) is 0 Å². The summed E-state index contributed by atoms with van der Waals surface area (Å²) in [6.07, 6.45) is 4.10. The minimum absolute atomic E-state index is 0.280. The number of hydrogen-bond acceptors (Lipinski definition) is 4. The molecule has 21 heavy (non-hydrogen) atoms. The van der Waals surface area contributed by atoms with Gasteiger partial charge in [-0.3, -0.25) is 14.6 Å². The highest BCUT2D eigenvalue weighted by Gasteiger charge is 2.28. The predicted molar refractivity (Wildman–Crippen MR) is 86.2 cm³/mol. The Morgan fingerprint density at radius 3 is 2.24 bits per heavy atom. The normalized spacial score (nSPS) is 28.2. The zero-order chi connectivity index (χ0) is 15.2. The molecule has 5 nitrogen and oxygen atoms in total. The van der Waals surface area contributed by atoms with Crippen molar-refractivity contribution in [1.29, 1.82) is 0 Å². The molecule has 0 aromatic heterocycles. The van der Waals surface area contributed by atoms with Crippen LogP contribution in [0.2, 0.25) is 0 Å². The quantitative estimate of drug-likeness (QED) is 0.785. The molecule has 2 heterocycles. The highest BCUT2D eigenvalue weighted by Crippen LogP contribution is 2.22. The largest absolute Gasteiger partial charge is 0.340 e. The van der Waals surface area contributed by atoms with Crippen LogP contribution in [0.3, 0.4) is 0 Å². The Balaban J connectivity index is 1.66. The minimum atomic E-state index is 0.280. The minimum Gasteiger partial charge on any atom is -0.340 e. The first kappa shape index (κ1) is 16.7. The van der Waals surface area contributed by atoms with Gasteiger partial charge in [-0.25, -0.2) is 0 Å². The van der Waals surface area contributed by atoms with Crippen molar-refractivity contribution in [2.75, 3.05) is 45.8 Å². The molecular weight excluding hydrogens is 264 g/mol. The van der Waals surface area contributed by atoms with Crippen LogP contribution < -0.4 is 5.73 Å². The van der Waals surface area contributed by atoms with Crippen LogP contribution in [-0.4, -0.2) is 78.5 Å². The van der Waals surface area contributed by atoms with E-state index in [1.807, 2.05) is 4.90 Å². The number of hydrogen-bond donors (Lipinski definition) is 1. The zero-order valence-electron chi connectivity index (χ0n) is 13.8. The van der Waals surface area contributed by atoms with Gasteiger partial charge < -0.3 is 10.6 Å². The molecule has 0 aromatic rings. The van der Waals surface area contributed by atoms with Crippen molar-refractivity contribution < 1.29 is 4.79 Å². The van der Waals surface area contributed by atoms with E-state index in [2.05, 4.69) is 23.6 Å². The third kappa shape index (κ3) is 4.66. The lowest BCUT2D eigenvalue weighted by Gasteiger charge is -2.36. The first-order valence-corrected chi connectivity index (χ1v) is 8.57. The second-order valence-electron chi connectivity index (χ2n) is 6.63. The number of nitrogens with two attached hydrogens (primary N) is 1. The van der Waals surface area contributed by atoms with Crippen LogP contribution in [-0.2, 0) is 4.79 Å². The first-order chi connectivity index (χ1) is 10.1. The number of likely N-dealkylation sites (tertiary alicyclic amines) is 1. The Labute approximate surface area is 129 Å². The fourth-order valence-corrected chi connectivity index (χ4v) is 3.58. The van der Waals surface area contributed by atoms with Gasteiger partial charge in [-0.15, -0.1) is 0 Å². The molecule has 2 aliphatic rings. The summed E-state index contributed by atoms with van der Waals surface area (Å²) in [4.78, 5) is 19.1. The number of amides is 1. The van der Waals surface area contributed by atoms with Crippen molar-refractivity contribution in [3.05, 3.63) is 0 Å². The smallest absolute Gasteiger partial charge is 0.222 e. The van der Waals surface area contributed by atoms with Crippen molar-refractivity contribution in [1.82, 2.24) is 14.7 Å². The van der Waals surface area contributed by atoms with Gasteiger partial charge in [-0.2, -0.15) is 0 Å². The molecule has 2 atom stereocenters. The molecule has 2 unspecified atom stereocenters. The Hall–Kier alpha value is -0.650. The monoisotopic (exact) mass is 296 g/mol. The Morgan fingerprint density at radius 1 is 1.05 bits per heavy atom. The lowest BCUT2D eigenvalue weighted by molar-refractivity contribution is -0.133. The van der Waals surface area contributed by atoms with E-state index in [1.165, 1.54) is 19.4 Å². The molecule has 0 bridgehead atoms. The maximum Gasteiger partial charge on any atom is 0.222 e. The molecule has 2 aliphatic heterocycles. The summed E-state index contributed by atoms with van der Waals surface area (Å²) >= 11 is 0. The molecule has 122 valence electrons. The van der Waals surface area contributed by atoms with Gasteiger partial charge in [-0.05, 0) is 39.7 Å². The first-order valence-electron chi connectivity index (χ1n) is 8.57. The van der Waals surface area contributed by atoms with Gasteiger partial charge in [0.15, 0.2) is 0 Å². The fourth-order valence-electron chi connectivity index (χ4n) is 3.58. The third-order valence-corrected chi connectivity index (χ3v) is 5.13. The summed E-state index contributed by atoms with van der Waals surface area (Å²) in [6, 6.07) is 1.47. The molecule has 0 aliphatic carbocycles. The maximum absolute atomic E-state index is 12.0. The van der Waals surface area contributed by atoms with E-state index < -0.39 is 0 Å². The standard InChI is InChI=1S/C16H32N4O/c1-14-5-6-15(2)20(14)13-10-18-8-11-19(12-9-18)16(21)4-3-7-17/h14-15H,3-13,17H2,1-2H3. The van der Waals surface area contributed by atoms with Crippen molar-refractivity contribution in [3.8, 4) is 0 Å². The lowest BCUT2D eigenvalue weighted by atomic mass is 10.2. The average Bonchev–Trinajstić information content (AvgIpc) is 2.82. The SMILES string of the molecule is CC1CCC(C)N1CCN1CCN(C(=O)CCCN)CC1. The molecule has 2 fully saturated rings. The van der Waals surface area contributed by atoms with E-state index in [-0.39, 0.29) is 5.91 Å². The Morgan fingerprint density at radius 2 is 1.67 bits per heavy atom. The van der Waals surface area contributed by atoms with Gasteiger partial charge in [0.1, 0.15) is 0 Å². The molecule has 0 spiro atoms. The summed E-state index contributed by atoms with van der Waals surface area (Å²) in [6.45, 7) is 11.4. The zero-order valence-corrected chi connectivity index (χ0v) is 13.8. The Bertz CT molecular complexity index is 318. The predicted octanol–water partition coefficient (Wildman–Crippen LogP) is 0.742. The second-order valence-corrected chi connectivity index (χ2v) is 6.63. The van der Waals surface area contributed by atoms with Crippen molar-refractivity contribution in [3.63, 3.8) is 0 Å². The fraction of sp³-hybridized carbons (Fsp3) is 0.938. The molecule has 2 rings (SSSR count). The van der Waals surface area contributed by atoms with E-state index in [1.54, 1.807) is 0 Å². The second kappa shape index (κ2) is 8.11. The van der Waals surface area contributed by atoms with Crippen molar-refractivity contribution in [2.24, 2.45) is 5.73 Å². The van der Waals surface area contributed by atoms with E-state index in [9.17, 15) is 4.79 Å². The molecule has 2 saturated heterocycles. The molecule has 5 heteroatoms. The van der Waals surface area contributed by atoms with E-state index in [0.29, 0.717) is 13.0 Å². The number of piperazine rings is 1. The molecule has 0 radical (unpaired) electrons. The summed E-state index contributed by atoms with van der Waals surface area (Å²) in [5.41, 5.74) is 5.47. The molecular formula is C16H32N4O. The molecule has 1 amide bonds. The average molecular weight is 296 g/mol. The number of nitrogens with zero attached hydrogens (tertiary/aromatic N) is 3.